The molecule has 0 aliphatic carbocycles. The maximum atomic E-state index is 11.5. The Morgan fingerprint density at radius 3 is 2.00 bits per heavy atom. The Kier molecular flexibility index (Phi) is 4.20. The summed E-state index contributed by atoms with van der Waals surface area (Å²) >= 11 is 0. The summed E-state index contributed by atoms with van der Waals surface area (Å²) in [5.74, 6) is 0. The van der Waals surface area contributed by atoms with Crippen LogP contribution in [0.3, 0.4) is 0 Å². The maximum Gasteiger partial charge on any atom is 0.569 e. The molecule has 0 amide bonds. The maximum absolute atomic E-state index is 11.5. The zero-order valence-electron chi connectivity index (χ0n) is 5.41. The topological polar surface area (TPSA) is 0 Å². The minimum Gasteiger partial charge on any atom is -0.0654 e. The van der Waals surface area contributed by atoms with Gasteiger partial charge in [-0.2, -0.15) is 0 Å². The van der Waals surface area contributed by atoms with Gasteiger partial charge in [0.2, 0.25) is 0 Å². The van der Waals surface area contributed by atoms with Crippen molar-refractivity contribution in [2.24, 2.45) is 0 Å². The standard InChI is InChI=1S/C5H11F3P/c1-2-3-4-5-9(6,7)8/h2-5H2,1H3/q+1. The highest BCUT2D eigenvalue weighted by molar-refractivity contribution is 7.60. The molecule has 0 unspecified atom stereocenters. The average molecular weight is 159 g/mol. The molecule has 0 nitrogen and oxygen atoms in total. The van der Waals surface area contributed by atoms with Crippen molar-refractivity contribution in [3.63, 3.8) is 0 Å². The molecule has 0 saturated carbocycles. The van der Waals surface area contributed by atoms with E-state index in [0.717, 1.165) is 6.42 Å². The molecule has 0 N–H and O–H groups in total. The molecule has 0 bridgehead atoms. The van der Waals surface area contributed by atoms with Crippen LogP contribution in [0.1, 0.15) is 26.2 Å². The molecule has 0 aliphatic rings. The fourth-order valence-corrected chi connectivity index (χ4v) is 1.12. The van der Waals surface area contributed by atoms with Crippen molar-refractivity contribution >= 4 is 8.19 Å². The second kappa shape index (κ2) is 4.10. The van der Waals surface area contributed by atoms with Crippen LogP contribution in [0.4, 0.5) is 12.6 Å². The molecular weight excluding hydrogens is 148 g/mol. The minimum absolute atomic E-state index is 0.327. The summed E-state index contributed by atoms with van der Waals surface area (Å²) < 4.78 is 34.5. The van der Waals surface area contributed by atoms with Gasteiger partial charge in [-0.05, 0) is 12.8 Å². The lowest BCUT2D eigenvalue weighted by atomic mass is 10.3. The summed E-state index contributed by atoms with van der Waals surface area (Å²) in [5, 5.41) is 0. The Labute approximate surface area is 54.1 Å². The molecule has 0 rings (SSSR count). The Bertz CT molecular complexity index is 69.1. The Balaban J connectivity index is 3.07. The summed E-state index contributed by atoms with van der Waals surface area (Å²) in [7, 11) is -4.95. The van der Waals surface area contributed by atoms with Crippen LogP contribution in [-0.2, 0) is 0 Å². The summed E-state index contributed by atoms with van der Waals surface area (Å²) in [4.78, 5) is 0. The van der Waals surface area contributed by atoms with Gasteiger partial charge in [-0.3, -0.25) is 0 Å². The number of halogens is 3. The van der Waals surface area contributed by atoms with Crippen molar-refractivity contribution < 1.29 is 12.6 Å². The molecule has 0 saturated heterocycles. The highest BCUT2D eigenvalue weighted by atomic mass is 31.3. The number of unbranched alkanes of at least 4 members (excludes halogenated alkanes) is 2. The average Bonchev–Trinajstić information content (AvgIpc) is 1.63. The minimum atomic E-state index is -4.95. The van der Waals surface area contributed by atoms with Crippen LogP contribution in [-0.4, -0.2) is 6.16 Å². The van der Waals surface area contributed by atoms with E-state index in [4.69, 9.17) is 0 Å². The van der Waals surface area contributed by atoms with Gasteiger partial charge >= 0.3 is 8.19 Å². The van der Waals surface area contributed by atoms with Gasteiger partial charge in [-0.15, -0.1) is 0 Å². The van der Waals surface area contributed by atoms with E-state index >= 15 is 0 Å². The lowest BCUT2D eigenvalue weighted by molar-refractivity contribution is 0.572. The van der Waals surface area contributed by atoms with Gasteiger partial charge in [0.15, 0.2) is 6.16 Å². The van der Waals surface area contributed by atoms with E-state index in [9.17, 15) is 12.6 Å². The first-order chi connectivity index (χ1) is 4.06. The zero-order chi connectivity index (χ0) is 7.33. The monoisotopic (exact) mass is 159 g/mol. The molecule has 0 aromatic carbocycles. The van der Waals surface area contributed by atoms with E-state index in [-0.39, 0.29) is 0 Å². The van der Waals surface area contributed by atoms with Crippen molar-refractivity contribution in [1.29, 1.82) is 0 Å². The van der Waals surface area contributed by atoms with E-state index in [1.54, 1.807) is 0 Å². The normalized spacial score (nSPS) is 12.0. The number of hydrogen-bond acceptors (Lipinski definition) is 0. The second-order valence-electron chi connectivity index (χ2n) is 1.98. The smallest absolute Gasteiger partial charge is 0.0654 e. The van der Waals surface area contributed by atoms with Crippen LogP contribution in [0.5, 0.6) is 0 Å². The highest BCUT2D eigenvalue weighted by Gasteiger charge is 2.41. The summed E-state index contributed by atoms with van der Waals surface area (Å²) in [5.41, 5.74) is 0. The van der Waals surface area contributed by atoms with Crippen LogP contribution in [0.2, 0.25) is 0 Å². The zero-order valence-corrected chi connectivity index (χ0v) is 6.30. The van der Waals surface area contributed by atoms with Crippen molar-refractivity contribution in [2.45, 2.75) is 26.2 Å². The van der Waals surface area contributed by atoms with Gasteiger partial charge in [0.05, 0.1) is 0 Å². The van der Waals surface area contributed by atoms with Gasteiger partial charge in [0.25, 0.3) is 0 Å². The van der Waals surface area contributed by atoms with E-state index < -0.39 is 14.4 Å². The largest absolute Gasteiger partial charge is 0.569 e. The van der Waals surface area contributed by atoms with Crippen LogP contribution in [0.25, 0.3) is 0 Å². The van der Waals surface area contributed by atoms with Gasteiger partial charge in [0.1, 0.15) is 0 Å². The molecule has 56 valence electrons. The van der Waals surface area contributed by atoms with Crippen LogP contribution < -0.4 is 0 Å². The van der Waals surface area contributed by atoms with Crippen molar-refractivity contribution in [1.82, 2.24) is 0 Å². The summed E-state index contributed by atoms with van der Waals surface area (Å²) in [6.45, 7) is 1.90. The van der Waals surface area contributed by atoms with E-state index in [1.807, 2.05) is 6.92 Å². The molecule has 0 aliphatic heterocycles. The molecule has 0 heterocycles. The fraction of sp³-hybridized carbons (Fsp3) is 1.00. The molecular formula is C5H11F3P+. The molecule has 4 heteroatoms. The van der Waals surface area contributed by atoms with Gasteiger partial charge < -0.3 is 0 Å². The van der Waals surface area contributed by atoms with Crippen LogP contribution in [0, 0.1) is 0 Å². The Morgan fingerprint density at radius 2 is 1.67 bits per heavy atom. The first-order valence-corrected chi connectivity index (χ1v) is 4.68. The van der Waals surface area contributed by atoms with Gasteiger partial charge in [-0.25, -0.2) is 0 Å². The first kappa shape index (κ1) is 9.22. The lowest BCUT2D eigenvalue weighted by Crippen LogP contribution is -1.81. The first-order valence-electron chi connectivity index (χ1n) is 3.03. The van der Waals surface area contributed by atoms with Crippen LogP contribution in [0.15, 0.2) is 0 Å². The molecule has 0 aromatic rings. The SMILES string of the molecule is CCCCC[P+](F)(F)F. The Morgan fingerprint density at radius 1 is 1.11 bits per heavy atom. The summed E-state index contributed by atoms with van der Waals surface area (Å²) in [6.07, 6.45) is 1.38. The van der Waals surface area contributed by atoms with Crippen molar-refractivity contribution in [3.8, 4) is 0 Å². The lowest BCUT2D eigenvalue weighted by Gasteiger charge is -1.91. The highest BCUT2D eigenvalue weighted by Crippen LogP contribution is 2.64. The third kappa shape index (κ3) is 8.22. The molecule has 0 aromatic heterocycles. The van der Waals surface area contributed by atoms with Gasteiger partial charge in [-0.1, -0.05) is 13.3 Å². The number of rotatable bonds is 4. The van der Waals surface area contributed by atoms with E-state index in [1.165, 1.54) is 0 Å². The molecule has 9 heavy (non-hydrogen) atoms. The Hall–Kier alpha value is 0.220. The van der Waals surface area contributed by atoms with E-state index in [0.29, 0.717) is 12.8 Å². The quantitative estimate of drug-likeness (QED) is 0.431. The predicted octanol–water partition coefficient (Wildman–Crippen LogP) is 3.85. The fourth-order valence-electron chi connectivity index (χ4n) is 0.541. The predicted molar refractivity (Wildman–Crippen MR) is 34.6 cm³/mol. The molecule has 0 radical (unpaired) electrons. The third-order valence-corrected chi connectivity index (χ3v) is 1.84. The number of hydrogen-bond donors (Lipinski definition) is 0. The van der Waals surface area contributed by atoms with Gasteiger partial charge in [0, 0.05) is 12.6 Å². The molecule has 0 spiro atoms. The summed E-state index contributed by atoms with van der Waals surface area (Å²) in [6, 6.07) is 0. The molecule has 0 atom stereocenters. The van der Waals surface area contributed by atoms with Crippen LogP contribution >= 0.6 is 8.19 Å². The van der Waals surface area contributed by atoms with E-state index in [2.05, 4.69) is 0 Å². The third-order valence-electron chi connectivity index (χ3n) is 1.02. The van der Waals surface area contributed by atoms with Crippen molar-refractivity contribution in [3.05, 3.63) is 0 Å². The van der Waals surface area contributed by atoms with Crippen molar-refractivity contribution in [2.75, 3.05) is 6.16 Å². The second-order valence-corrected chi connectivity index (χ2v) is 3.53. The molecule has 0 fully saturated rings.